The third kappa shape index (κ3) is 4.44. The summed E-state index contributed by atoms with van der Waals surface area (Å²) in [6.07, 6.45) is 1.05. The van der Waals surface area contributed by atoms with Crippen molar-refractivity contribution in [3.8, 4) is 11.6 Å². The van der Waals surface area contributed by atoms with E-state index >= 15 is 0 Å². The summed E-state index contributed by atoms with van der Waals surface area (Å²) in [5.41, 5.74) is 1.59. The van der Waals surface area contributed by atoms with Gasteiger partial charge in [0.25, 0.3) is 5.91 Å². The van der Waals surface area contributed by atoms with Gasteiger partial charge in [0.2, 0.25) is 5.88 Å². The number of carbonyl (C=O) groups is 1. The molecular weight excluding hydrogens is 321 g/mol. The van der Waals surface area contributed by atoms with Gasteiger partial charge in [-0.05, 0) is 36.8 Å². The smallest absolute Gasteiger partial charge is 0.261 e. The monoisotopic (exact) mass is 339 g/mol. The lowest BCUT2D eigenvalue weighted by Gasteiger charge is -2.13. The number of nitrogens with zero attached hydrogens (tertiary/aromatic N) is 2. The molecule has 2 aromatic carbocycles. The minimum Gasteiger partial charge on any atom is -0.463 e. The predicted octanol–water partition coefficient (Wildman–Crippen LogP) is 3.10. The average molecular weight is 339 g/mol. The lowest BCUT2D eigenvalue weighted by atomic mass is 10.2. The summed E-state index contributed by atoms with van der Waals surface area (Å²) < 4.78 is 20.4. The Morgan fingerprint density at radius 2 is 2.00 bits per heavy atom. The summed E-state index contributed by atoms with van der Waals surface area (Å²) in [7, 11) is 0. The number of rotatable bonds is 6. The van der Waals surface area contributed by atoms with E-state index in [-0.39, 0.29) is 18.3 Å². The summed E-state index contributed by atoms with van der Waals surface area (Å²) in [5, 5.41) is 7.02. The largest absolute Gasteiger partial charge is 0.463 e. The van der Waals surface area contributed by atoms with Crippen molar-refractivity contribution >= 4 is 5.91 Å². The highest BCUT2D eigenvalue weighted by Crippen LogP contribution is 2.13. The standard InChI is InChI=1S/C19H18FN3O2/c1-14(19(24)21-13-15-6-5-7-16(20)12-15)25-18-10-11-23(22-18)17-8-3-2-4-9-17/h2-12,14H,13H2,1H3,(H,21,24)/t14-/m1/s1. The molecule has 0 fully saturated rings. The Hall–Kier alpha value is -3.15. The number of para-hydroxylation sites is 1. The van der Waals surface area contributed by atoms with Crippen molar-refractivity contribution in [2.45, 2.75) is 19.6 Å². The van der Waals surface area contributed by atoms with Gasteiger partial charge in [0.05, 0.1) is 5.69 Å². The van der Waals surface area contributed by atoms with Crippen LogP contribution in [0.15, 0.2) is 66.9 Å². The normalized spacial score (nSPS) is 11.8. The first kappa shape index (κ1) is 16.7. The number of nitrogens with one attached hydrogen (secondary N) is 1. The lowest BCUT2D eigenvalue weighted by Crippen LogP contribution is -2.36. The second kappa shape index (κ2) is 7.61. The third-order valence-electron chi connectivity index (χ3n) is 3.61. The van der Waals surface area contributed by atoms with E-state index in [0.717, 1.165) is 5.69 Å². The molecule has 0 aliphatic rings. The van der Waals surface area contributed by atoms with E-state index in [0.29, 0.717) is 11.4 Å². The van der Waals surface area contributed by atoms with Crippen LogP contribution in [0.5, 0.6) is 5.88 Å². The number of amides is 1. The SMILES string of the molecule is C[C@@H](Oc1ccn(-c2ccccc2)n1)C(=O)NCc1cccc(F)c1. The number of halogens is 1. The molecule has 0 aliphatic carbocycles. The zero-order valence-electron chi connectivity index (χ0n) is 13.7. The van der Waals surface area contributed by atoms with Crippen LogP contribution in [-0.4, -0.2) is 21.8 Å². The van der Waals surface area contributed by atoms with Gasteiger partial charge in [-0.25, -0.2) is 9.07 Å². The van der Waals surface area contributed by atoms with Gasteiger partial charge >= 0.3 is 0 Å². The van der Waals surface area contributed by atoms with Crippen molar-refractivity contribution in [2.75, 3.05) is 0 Å². The van der Waals surface area contributed by atoms with E-state index in [1.807, 2.05) is 30.3 Å². The molecule has 0 unspecified atom stereocenters. The summed E-state index contributed by atoms with van der Waals surface area (Å²) >= 11 is 0. The van der Waals surface area contributed by atoms with E-state index in [1.54, 1.807) is 36.0 Å². The molecule has 3 rings (SSSR count). The number of hydrogen-bond donors (Lipinski definition) is 1. The van der Waals surface area contributed by atoms with E-state index < -0.39 is 6.10 Å². The first-order valence-corrected chi connectivity index (χ1v) is 7.92. The summed E-state index contributed by atoms with van der Waals surface area (Å²) in [5.74, 6) is -0.265. The Labute approximate surface area is 145 Å². The van der Waals surface area contributed by atoms with Crippen LogP contribution in [-0.2, 0) is 11.3 Å². The molecule has 1 amide bonds. The van der Waals surface area contributed by atoms with E-state index in [1.165, 1.54) is 12.1 Å². The minimum atomic E-state index is -0.715. The fourth-order valence-corrected chi connectivity index (χ4v) is 2.31. The molecule has 0 saturated heterocycles. The highest BCUT2D eigenvalue weighted by molar-refractivity contribution is 5.80. The molecule has 0 spiro atoms. The molecule has 1 N–H and O–H groups in total. The van der Waals surface area contributed by atoms with Crippen molar-refractivity contribution in [3.63, 3.8) is 0 Å². The lowest BCUT2D eigenvalue weighted by molar-refractivity contribution is -0.127. The Morgan fingerprint density at radius 3 is 2.76 bits per heavy atom. The van der Waals surface area contributed by atoms with Crippen LogP contribution in [0.2, 0.25) is 0 Å². The minimum absolute atomic E-state index is 0.239. The van der Waals surface area contributed by atoms with Crippen LogP contribution >= 0.6 is 0 Å². The van der Waals surface area contributed by atoms with Gasteiger partial charge in [0.15, 0.2) is 6.10 Å². The maximum atomic E-state index is 13.1. The maximum absolute atomic E-state index is 13.1. The fraction of sp³-hybridized carbons (Fsp3) is 0.158. The predicted molar refractivity (Wildman–Crippen MR) is 91.9 cm³/mol. The van der Waals surface area contributed by atoms with Gasteiger partial charge in [0, 0.05) is 18.8 Å². The van der Waals surface area contributed by atoms with Crippen LogP contribution in [0.1, 0.15) is 12.5 Å². The third-order valence-corrected chi connectivity index (χ3v) is 3.61. The molecule has 6 heteroatoms. The van der Waals surface area contributed by atoms with Gasteiger partial charge < -0.3 is 10.1 Å². The highest BCUT2D eigenvalue weighted by atomic mass is 19.1. The summed E-state index contributed by atoms with van der Waals surface area (Å²) in [4.78, 5) is 12.1. The second-order valence-corrected chi connectivity index (χ2v) is 5.54. The first-order chi connectivity index (χ1) is 12.1. The molecule has 0 saturated carbocycles. The first-order valence-electron chi connectivity index (χ1n) is 7.92. The number of benzene rings is 2. The Morgan fingerprint density at radius 1 is 1.20 bits per heavy atom. The summed E-state index contributed by atoms with van der Waals surface area (Å²) in [6, 6.07) is 17.4. The van der Waals surface area contributed by atoms with Crippen molar-refractivity contribution in [1.82, 2.24) is 15.1 Å². The molecule has 1 atom stereocenters. The van der Waals surface area contributed by atoms with Gasteiger partial charge in [-0.1, -0.05) is 30.3 Å². The van der Waals surface area contributed by atoms with Crippen molar-refractivity contribution < 1.29 is 13.9 Å². The van der Waals surface area contributed by atoms with Gasteiger partial charge in [-0.2, -0.15) is 0 Å². The van der Waals surface area contributed by atoms with Gasteiger partial charge in [-0.15, -0.1) is 5.10 Å². The van der Waals surface area contributed by atoms with E-state index in [2.05, 4.69) is 10.4 Å². The zero-order chi connectivity index (χ0) is 17.6. The number of aromatic nitrogens is 2. The molecule has 128 valence electrons. The Balaban J connectivity index is 1.56. The molecular formula is C19H18FN3O2. The molecule has 0 bridgehead atoms. The average Bonchev–Trinajstić information content (AvgIpc) is 3.09. The zero-order valence-corrected chi connectivity index (χ0v) is 13.7. The second-order valence-electron chi connectivity index (χ2n) is 5.54. The fourth-order valence-electron chi connectivity index (χ4n) is 2.31. The van der Waals surface area contributed by atoms with E-state index in [4.69, 9.17) is 4.74 Å². The molecule has 0 aliphatic heterocycles. The van der Waals surface area contributed by atoms with Gasteiger partial charge in [-0.3, -0.25) is 4.79 Å². The highest BCUT2D eigenvalue weighted by Gasteiger charge is 2.16. The molecule has 3 aromatic rings. The molecule has 25 heavy (non-hydrogen) atoms. The number of carbonyl (C=O) groups excluding carboxylic acids is 1. The Bertz CT molecular complexity index is 849. The van der Waals surface area contributed by atoms with Crippen molar-refractivity contribution in [3.05, 3.63) is 78.2 Å². The summed E-state index contributed by atoms with van der Waals surface area (Å²) in [6.45, 7) is 1.88. The molecule has 0 radical (unpaired) electrons. The van der Waals surface area contributed by atoms with Crippen LogP contribution in [0.25, 0.3) is 5.69 Å². The molecule has 1 aromatic heterocycles. The Kier molecular flexibility index (Phi) is 5.09. The van der Waals surface area contributed by atoms with Crippen LogP contribution in [0, 0.1) is 5.82 Å². The topological polar surface area (TPSA) is 56.2 Å². The van der Waals surface area contributed by atoms with Crippen molar-refractivity contribution in [2.24, 2.45) is 0 Å². The van der Waals surface area contributed by atoms with Crippen LogP contribution < -0.4 is 10.1 Å². The maximum Gasteiger partial charge on any atom is 0.261 e. The number of hydrogen-bond acceptors (Lipinski definition) is 3. The van der Waals surface area contributed by atoms with Crippen LogP contribution in [0.4, 0.5) is 4.39 Å². The quantitative estimate of drug-likeness (QED) is 0.751. The van der Waals surface area contributed by atoms with Crippen molar-refractivity contribution in [1.29, 1.82) is 0 Å². The molecule has 5 nitrogen and oxygen atoms in total. The van der Waals surface area contributed by atoms with Crippen LogP contribution in [0.3, 0.4) is 0 Å². The van der Waals surface area contributed by atoms with Gasteiger partial charge in [0.1, 0.15) is 5.82 Å². The molecule has 1 heterocycles. The number of ether oxygens (including phenoxy) is 1. The van der Waals surface area contributed by atoms with E-state index in [9.17, 15) is 9.18 Å².